The number of halogens is 2. The maximum atomic E-state index is 13.8. The molecule has 0 radical (unpaired) electrons. The summed E-state index contributed by atoms with van der Waals surface area (Å²) in [5, 5.41) is 0. The van der Waals surface area contributed by atoms with E-state index in [4.69, 9.17) is 10.5 Å². The molecule has 0 fully saturated rings. The van der Waals surface area contributed by atoms with E-state index in [0.29, 0.717) is 15.7 Å². The number of carbonyl (C=O) groups is 1. The fraction of sp³-hybridized carbons (Fsp3) is 0.0714. The van der Waals surface area contributed by atoms with Crippen LogP contribution in [0, 0.1) is 5.82 Å². The summed E-state index contributed by atoms with van der Waals surface area (Å²) >= 11 is 3.25. The van der Waals surface area contributed by atoms with Gasteiger partial charge in [0.05, 0.1) is 7.11 Å². The molecule has 0 aliphatic rings. The number of ether oxygens (including phenoxy) is 1. The molecule has 0 aliphatic heterocycles. The van der Waals surface area contributed by atoms with E-state index < -0.39 is 11.6 Å². The van der Waals surface area contributed by atoms with Crippen molar-refractivity contribution in [2.75, 3.05) is 12.8 Å². The Balaban J connectivity index is 2.56. The molecule has 0 amide bonds. The Kier molecular flexibility index (Phi) is 3.85. The van der Waals surface area contributed by atoms with E-state index in [2.05, 4.69) is 15.9 Å². The lowest BCUT2D eigenvalue weighted by Gasteiger charge is -2.10. The van der Waals surface area contributed by atoms with Crippen LogP contribution < -0.4 is 10.5 Å². The summed E-state index contributed by atoms with van der Waals surface area (Å²) in [4.78, 5) is 12.4. The molecular weight excluding hydrogens is 313 g/mol. The predicted molar refractivity (Wildman–Crippen MR) is 74.9 cm³/mol. The van der Waals surface area contributed by atoms with Crippen molar-refractivity contribution in [3.63, 3.8) is 0 Å². The third kappa shape index (κ3) is 2.61. The molecule has 0 aromatic heterocycles. The first-order chi connectivity index (χ1) is 9.04. The lowest BCUT2D eigenvalue weighted by molar-refractivity contribution is 0.103. The van der Waals surface area contributed by atoms with E-state index in [-0.39, 0.29) is 11.3 Å². The second kappa shape index (κ2) is 5.40. The number of ketones is 1. The second-order valence-electron chi connectivity index (χ2n) is 3.89. The van der Waals surface area contributed by atoms with Gasteiger partial charge in [-0.2, -0.15) is 0 Å². The minimum Gasteiger partial charge on any atom is -0.496 e. The molecule has 98 valence electrons. The molecule has 2 aromatic rings. The van der Waals surface area contributed by atoms with Gasteiger partial charge < -0.3 is 10.5 Å². The standard InChI is InChI=1S/C14H11BrFNO2/c1-19-12-4-2-3-11(16)13(12)14(18)9-6-5-8(17)7-10(9)15/h2-7H,17H2,1H3. The molecule has 0 unspecified atom stereocenters. The van der Waals surface area contributed by atoms with Crippen molar-refractivity contribution in [1.82, 2.24) is 0 Å². The zero-order chi connectivity index (χ0) is 14.0. The van der Waals surface area contributed by atoms with Crippen LogP contribution in [0.2, 0.25) is 0 Å². The summed E-state index contributed by atoms with van der Waals surface area (Å²) < 4.78 is 19.4. The Labute approximate surface area is 118 Å². The number of nitrogens with two attached hydrogens (primary N) is 1. The van der Waals surface area contributed by atoms with Gasteiger partial charge >= 0.3 is 0 Å². The number of hydrogen-bond acceptors (Lipinski definition) is 3. The van der Waals surface area contributed by atoms with Crippen LogP contribution in [0.4, 0.5) is 10.1 Å². The van der Waals surface area contributed by atoms with Crippen LogP contribution in [0.15, 0.2) is 40.9 Å². The smallest absolute Gasteiger partial charge is 0.200 e. The van der Waals surface area contributed by atoms with Crippen LogP contribution in [-0.2, 0) is 0 Å². The van der Waals surface area contributed by atoms with Gasteiger partial charge in [-0.3, -0.25) is 4.79 Å². The van der Waals surface area contributed by atoms with E-state index >= 15 is 0 Å². The van der Waals surface area contributed by atoms with Gasteiger partial charge in [0.15, 0.2) is 0 Å². The molecule has 2 aromatic carbocycles. The van der Waals surface area contributed by atoms with Crippen molar-refractivity contribution in [3.8, 4) is 5.75 Å². The number of nitrogen functional groups attached to an aromatic ring is 1. The van der Waals surface area contributed by atoms with Gasteiger partial charge in [-0.15, -0.1) is 0 Å². The Morgan fingerprint density at radius 1 is 1.32 bits per heavy atom. The summed E-state index contributed by atoms with van der Waals surface area (Å²) in [6.45, 7) is 0. The molecule has 0 aliphatic carbocycles. The van der Waals surface area contributed by atoms with E-state index in [1.165, 1.54) is 19.2 Å². The summed E-state index contributed by atoms with van der Waals surface area (Å²) in [7, 11) is 1.39. The van der Waals surface area contributed by atoms with Gasteiger partial charge in [-0.05, 0) is 46.3 Å². The fourth-order valence-electron chi connectivity index (χ4n) is 1.74. The zero-order valence-electron chi connectivity index (χ0n) is 10.1. The Hall–Kier alpha value is -1.88. The van der Waals surface area contributed by atoms with Gasteiger partial charge in [0.1, 0.15) is 17.1 Å². The quantitative estimate of drug-likeness (QED) is 0.695. The predicted octanol–water partition coefficient (Wildman–Crippen LogP) is 3.41. The Morgan fingerprint density at radius 3 is 2.68 bits per heavy atom. The van der Waals surface area contributed by atoms with E-state index in [1.54, 1.807) is 24.3 Å². The molecule has 19 heavy (non-hydrogen) atoms. The van der Waals surface area contributed by atoms with Crippen molar-refractivity contribution in [2.45, 2.75) is 0 Å². The maximum absolute atomic E-state index is 13.8. The average Bonchev–Trinajstić information content (AvgIpc) is 2.37. The maximum Gasteiger partial charge on any atom is 0.200 e. The minimum absolute atomic E-state index is 0.0875. The van der Waals surface area contributed by atoms with Gasteiger partial charge in [0.2, 0.25) is 5.78 Å². The van der Waals surface area contributed by atoms with Crippen LogP contribution in [0.3, 0.4) is 0 Å². The highest BCUT2D eigenvalue weighted by molar-refractivity contribution is 9.10. The van der Waals surface area contributed by atoms with E-state index in [9.17, 15) is 9.18 Å². The number of carbonyl (C=O) groups excluding carboxylic acids is 1. The largest absolute Gasteiger partial charge is 0.496 e. The number of benzene rings is 2. The highest BCUT2D eigenvalue weighted by Crippen LogP contribution is 2.28. The van der Waals surface area contributed by atoms with Crippen LogP contribution in [0.5, 0.6) is 5.75 Å². The second-order valence-corrected chi connectivity index (χ2v) is 4.74. The molecule has 0 saturated carbocycles. The molecule has 2 rings (SSSR count). The zero-order valence-corrected chi connectivity index (χ0v) is 11.7. The van der Waals surface area contributed by atoms with Gasteiger partial charge in [0, 0.05) is 15.7 Å². The number of hydrogen-bond donors (Lipinski definition) is 1. The summed E-state index contributed by atoms with van der Waals surface area (Å²) in [6.07, 6.45) is 0. The molecule has 0 saturated heterocycles. The first-order valence-corrected chi connectivity index (χ1v) is 6.26. The monoisotopic (exact) mass is 323 g/mol. The van der Waals surface area contributed by atoms with Crippen LogP contribution in [0.1, 0.15) is 15.9 Å². The Bertz CT molecular complexity index is 643. The lowest BCUT2D eigenvalue weighted by atomic mass is 10.0. The van der Waals surface area contributed by atoms with E-state index in [0.717, 1.165) is 0 Å². The number of methoxy groups -OCH3 is 1. The minimum atomic E-state index is -0.618. The normalized spacial score (nSPS) is 10.3. The van der Waals surface area contributed by atoms with Crippen LogP contribution in [-0.4, -0.2) is 12.9 Å². The fourth-order valence-corrected chi connectivity index (χ4v) is 2.32. The van der Waals surface area contributed by atoms with Crippen molar-refractivity contribution in [3.05, 3.63) is 57.8 Å². The average molecular weight is 324 g/mol. The highest BCUT2D eigenvalue weighted by atomic mass is 79.9. The third-order valence-corrected chi connectivity index (χ3v) is 3.32. The SMILES string of the molecule is COc1cccc(F)c1C(=O)c1ccc(N)cc1Br. The molecular formula is C14H11BrFNO2. The van der Waals surface area contributed by atoms with Crippen molar-refractivity contribution < 1.29 is 13.9 Å². The van der Waals surface area contributed by atoms with Crippen molar-refractivity contribution >= 4 is 27.4 Å². The van der Waals surface area contributed by atoms with E-state index in [1.807, 2.05) is 0 Å². The number of rotatable bonds is 3. The van der Waals surface area contributed by atoms with Crippen LogP contribution in [0.25, 0.3) is 0 Å². The van der Waals surface area contributed by atoms with Gasteiger partial charge in [-0.25, -0.2) is 4.39 Å². The molecule has 5 heteroatoms. The van der Waals surface area contributed by atoms with Gasteiger partial charge in [-0.1, -0.05) is 6.07 Å². The van der Waals surface area contributed by atoms with Crippen molar-refractivity contribution in [2.24, 2.45) is 0 Å². The molecule has 2 N–H and O–H groups in total. The first-order valence-electron chi connectivity index (χ1n) is 5.47. The molecule has 3 nitrogen and oxygen atoms in total. The molecule has 0 spiro atoms. The summed E-state index contributed by atoms with van der Waals surface area (Å²) in [5.41, 5.74) is 6.37. The van der Waals surface area contributed by atoms with Crippen LogP contribution >= 0.6 is 15.9 Å². The molecule has 0 bridgehead atoms. The summed E-state index contributed by atoms with van der Waals surface area (Å²) in [6, 6.07) is 8.99. The first kappa shape index (κ1) is 13.5. The lowest BCUT2D eigenvalue weighted by Crippen LogP contribution is -2.08. The van der Waals surface area contributed by atoms with Gasteiger partial charge in [0.25, 0.3) is 0 Å². The summed E-state index contributed by atoms with van der Waals surface area (Å²) in [5.74, 6) is -0.872. The number of anilines is 1. The third-order valence-electron chi connectivity index (χ3n) is 2.66. The highest BCUT2D eigenvalue weighted by Gasteiger charge is 2.21. The molecule has 0 heterocycles. The Morgan fingerprint density at radius 2 is 2.05 bits per heavy atom. The molecule has 0 atom stereocenters. The topological polar surface area (TPSA) is 52.3 Å². The van der Waals surface area contributed by atoms with Crippen molar-refractivity contribution in [1.29, 1.82) is 0 Å².